The lowest BCUT2D eigenvalue weighted by molar-refractivity contribution is -0.384. The molecule has 1 amide bonds. The average molecular weight is 358 g/mol. The molecule has 9 nitrogen and oxygen atoms in total. The second-order valence-electron chi connectivity index (χ2n) is 5.34. The fraction of sp³-hybridized carbons (Fsp3) is 0.176. The molecule has 0 bridgehead atoms. The Bertz CT molecular complexity index is 866. The van der Waals surface area contributed by atoms with Gasteiger partial charge in [0.25, 0.3) is 11.6 Å². The van der Waals surface area contributed by atoms with Gasteiger partial charge in [0.2, 0.25) is 6.79 Å². The molecule has 0 saturated carbocycles. The summed E-state index contributed by atoms with van der Waals surface area (Å²) in [5.74, 6) is -0.0306. The van der Waals surface area contributed by atoms with Gasteiger partial charge < -0.3 is 19.5 Å². The first kappa shape index (κ1) is 17.2. The van der Waals surface area contributed by atoms with Crippen LogP contribution in [0, 0.1) is 10.1 Å². The summed E-state index contributed by atoms with van der Waals surface area (Å²) in [5, 5.41) is 13.1. The number of esters is 1. The number of hydrogen-bond acceptors (Lipinski definition) is 7. The number of amides is 1. The molecule has 0 saturated heterocycles. The normalized spacial score (nSPS) is 11.7. The van der Waals surface area contributed by atoms with E-state index in [4.69, 9.17) is 14.2 Å². The number of fused-ring (bicyclic) bond motifs is 1. The monoisotopic (exact) mass is 358 g/mol. The molecule has 1 aliphatic heterocycles. The Balaban J connectivity index is 1.48. The average Bonchev–Trinajstić information content (AvgIpc) is 3.12. The van der Waals surface area contributed by atoms with Gasteiger partial charge >= 0.3 is 5.97 Å². The minimum absolute atomic E-state index is 0.0160. The van der Waals surface area contributed by atoms with Crippen LogP contribution in [0.2, 0.25) is 0 Å². The Morgan fingerprint density at radius 3 is 2.77 bits per heavy atom. The van der Waals surface area contributed by atoms with E-state index in [2.05, 4.69) is 5.32 Å². The van der Waals surface area contributed by atoms with Crippen LogP contribution in [-0.4, -0.2) is 30.1 Å². The number of non-ortho nitro benzene ring substituents is 1. The number of nitro groups is 1. The van der Waals surface area contributed by atoms with E-state index in [0.717, 1.165) is 6.07 Å². The van der Waals surface area contributed by atoms with Crippen molar-refractivity contribution in [3.63, 3.8) is 0 Å². The van der Waals surface area contributed by atoms with Crippen molar-refractivity contribution in [1.82, 2.24) is 5.32 Å². The second kappa shape index (κ2) is 7.51. The number of hydrogen-bond donors (Lipinski definition) is 1. The smallest absolute Gasteiger partial charge is 0.325 e. The van der Waals surface area contributed by atoms with Gasteiger partial charge in [-0.05, 0) is 23.8 Å². The third-order valence-electron chi connectivity index (χ3n) is 3.55. The third-order valence-corrected chi connectivity index (χ3v) is 3.55. The molecule has 3 rings (SSSR count). The quantitative estimate of drug-likeness (QED) is 0.475. The van der Waals surface area contributed by atoms with Gasteiger partial charge in [-0.3, -0.25) is 19.7 Å². The van der Waals surface area contributed by atoms with E-state index in [9.17, 15) is 19.7 Å². The van der Waals surface area contributed by atoms with Crippen molar-refractivity contribution in [3.8, 4) is 11.5 Å². The van der Waals surface area contributed by atoms with Crippen LogP contribution in [-0.2, 0) is 16.1 Å². The van der Waals surface area contributed by atoms with Gasteiger partial charge in [0, 0.05) is 17.7 Å². The molecule has 1 heterocycles. The van der Waals surface area contributed by atoms with Gasteiger partial charge in [0.1, 0.15) is 13.2 Å². The van der Waals surface area contributed by atoms with E-state index >= 15 is 0 Å². The van der Waals surface area contributed by atoms with E-state index in [1.54, 1.807) is 18.2 Å². The fourth-order valence-electron chi connectivity index (χ4n) is 2.26. The van der Waals surface area contributed by atoms with Crippen LogP contribution >= 0.6 is 0 Å². The summed E-state index contributed by atoms with van der Waals surface area (Å²) >= 11 is 0. The van der Waals surface area contributed by atoms with Crippen molar-refractivity contribution in [2.45, 2.75) is 6.61 Å². The molecule has 134 valence electrons. The minimum Gasteiger partial charge on any atom is -0.460 e. The van der Waals surface area contributed by atoms with E-state index in [0.29, 0.717) is 17.1 Å². The van der Waals surface area contributed by atoms with E-state index < -0.39 is 16.8 Å². The Morgan fingerprint density at radius 1 is 1.15 bits per heavy atom. The van der Waals surface area contributed by atoms with Gasteiger partial charge in [-0.15, -0.1) is 0 Å². The molecule has 0 unspecified atom stereocenters. The molecule has 1 N–H and O–H groups in total. The molecule has 0 atom stereocenters. The molecule has 0 aliphatic carbocycles. The van der Waals surface area contributed by atoms with Crippen LogP contribution in [0.4, 0.5) is 5.69 Å². The number of nitrogens with one attached hydrogen (secondary N) is 1. The summed E-state index contributed by atoms with van der Waals surface area (Å²) in [6.07, 6.45) is 0. The Hall–Kier alpha value is -3.62. The van der Waals surface area contributed by atoms with Crippen molar-refractivity contribution in [2.24, 2.45) is 0 Å². The van der Waals surface area contributed by atoms with Crippen molar-refractivity contribution < 1.29 is 28.7 Å². The van der Waals surface area contributed by atoms with Gasteiger partial charge in [-0.25, -0.2) is 0 Å². The van der Waals surface area contributed by atoms with Gasteiger partial charge in [-0.2, -0.15) is 0 Å². The summed E-state index contributed by atoms with van der Waals surface area (Å²) in [7, 11) is 0. The molecule has 0 aromatic heterocycles. The van der Waals surface area contributed by atoms with E-state index in [1.807, 2.05) is 0 Å². The molecule has 0 fully saturated rings. The standard InChI is InChI=1S/C17H14N2O7/c20-16(24-9-11-4-5-14-15(6-11)26-10-25-14)8-18-17(21)12-2-1-3-13(7-12)19(22)23/h1-7H,8-10H2,(H,18,21). The number of rotatable bonds is 6. The minimum atomic E-state index is -0.638. The molecule has 0 spiro atoms. The highest BCUT2D eigenvalue weighted by Crippen LogP contribution is 2.32. The highest BCUT2D eigenvalue weighted by atomic mass is 16.7. The van der Waals surface area contributed by atoms with Crippen LogP contribution < -0.4 is 14.8 Å². The SMILES string of the molecule is O=C(CNC(=O)c1cccc([N+](=O)[O-])c1)OCc1ccc2c(c1)OCO2. The van der Waals surface area contributed by atoms with E-state index in [1.165, 1.54) is 18.2 Å². The molecule has 2 aromatic rings. The van der Waals surface area contributed by atoms with Crippen LogP contribution in [0.5, 0.6) is 11.5 Å². The first-order valence-corrected chi connectivity index (χ1v) is 7.60. The highest BCUT2D eigenvalue weighted by Gasteiger charge is 2.15. The second-order valence-corrected chi connectivity index (χ2v) is 5.34. The van der Waals surface area contributed by atoms with Crippen molar-refractivity contribution in [1.29, 1.82) is 0 Å². The zero-order chi connectivity index (χ0) is 18.5. The highest BCUT2D eigenvalue weighted by molar-refractivity contribution is 5.96. The first-order chi connectivity index (χ1) is 12.5. The number of benzene rings is 2. The number of nitro benzene ring substituents is 1. The lowest BCUT2D eigenvalue weighted by Crippen LogP contribution is -2.30. The maximum absolute atomic E-state index is 12.0. The largest absolute Gasteiger partial charge is 0.460 e. The van der Waals surface area contributed by atoms with Crippen LogP contribution in [0.1, 0.15) is 15.9 Å². The Labute approximate surface area is 147 Å². The van der Waals surface area contributed by atoms with Gasteiger partial charge in [0.05, 0.1) is 4.92 Å². The molecule has 1 aliphatic rings. The zero-order valence-corrected chi connectivity index (χ0v) is 13.5. The van der Waals surface area contributed by atoms with Crippen LogP contribution in [0.25, 0.3) is 0 Å². The summed E-state index contributed by atoms with van der Waals surface area (Å²) in [6, 6.07) is 10.4. The predicted molar refractivity (Wildman–Crippen MR) is 87.8 cm³/mol. The summed E-state index contributed by atoms with van der Waals surface area (Å²) in [4.78, 5) is 33.8. The van der Waals surface area contributed by atoms with Crippen molar-refractivity contribution >= 4 is 17.6 Å². The van der Waals surface area contributed by atoms with Crippen LogP contribution in [0.15, 0.2) is 42.5 Å². The lowest BCUT2D eigenvalue weighted by Gasteiger charge is -2.07. The van der Waals surface area contributed by atoms with Gasteiger partial charge in [-0.1, -0.05) is 12.1 Å². The summed E-state index contributed by atoms with van der Waals surface area (Å²) in [6.45, 7) is -0.184. The Kier molecular flexibility index (Phi) is 4.97. The number of carbonyl (C=O) groups excluding carboxylic acids is 2. The van der Waals surface area contributed by atoms with E-state index in [-0.39, 0.29) is 31.2 Å². The van der Waals surface area contributed by atoms with Crippen LogP contribution in [0.3, 0.4) is 0 Å². The molecule has 9 heteroatoms. The number of nitrogens with zero attached hydrogens (tertiary/aromatic N) is 1. The maximum atomic E-state index is 12.0. The molecule has 26 heavy (non-hydrogen) atoms. The molecule has 2 aromatic carbocycles. The number of carbonyl (C=O) groups is 2. The first-order valence-electron chi connectivity index (χ1n) is 7.60. The molecular formula is C17H14N2O7. The number of ether oxygens (including phenoxy) is 3. The third kappa shape index (κ3) is 4.07. The topological polar surface area (TPSA) is 117 Å². The van der Waals surface area contributed by atoms with Crippen molar-refractivity contribution in [2.75, 3.05) is 13.3 Å². The summed E-state index contributed by atoms with van der Waals surface area (Å²) < 4.78 is 15.5. The molecular weight excluding hydrogens is 344 g/mol. The van der Waals surface area contributed by atoms with Crippen molar-refractivity contribution in [3.05, 3.63) is 63.7 Å². The summed E-state index contributed by atoms with van der Waals surface area (Å²) in [5.41, 5.74) is 0.596. The maximum Gasteiger partial charge on any atom is 0.325 e. The van der Waals surface area contributed by atoms with Gasteiger partial charge in [0.15, 0.2) is 11.5 Å². The predicted octanol–water partition coefficient (Wildman–Crippen LogP) is 1.80. The zero-order valence-electron chi connectivity index (χ0n) is 13.5. The Morgan fingerprint density at radius 2 is 1.96 bits per heavy atom. The molecule has 0 radical (unpaired) electrons. The lowest BCUT2D eigenvalue weighted by atomic mass is 10.2. The fourth-order valence-corrected chi connectivity index (χ4v) is 2.26.